The van der Waals surface area contributed by atoms with E-state index in [1.807, 2.05) is 0 Å². The first-order valence-electron chi connectivity index (χ1n) is 4.97. The number of hydrogen-bond acceptors (Lipinski definition) is 4. The molecule has 0 aliphatic carbocycles. The van der Waals surface area contributed by atoms with Crippen molar-refractivity contribution >= 4 is 5.97 Å². The van der Waals surface area contributed by atoms with E-state index < -0.39 is 5.97 Å². The SMILES string of the molecule is CC(C)N1CC(n2cc(C(=O)O)nn2)C1. The second-order valence-corrected chi connectivity index (χ2v) is 4.09. The van der Waals surface area contributed by atoms with Crippen LogP contribution in [0.5, 0.6) is 0 Å². The molecule has 1 aliphatic heterocycles. The number of aromatic carboxylic acids is 1. The van der Waals surface area contributed by atoms with Gasteiger partial charge in [-0.05, 0) is 13.8 Å². The molecular formula is C9H14N4O2. The molecule has 0 saturated carbocycles. The molecule has 1 saturated heterocycles. The van der Waals surface area contributed by atoms with Crippen molar-refractivity contribution in [2.45, 2.75) is 25.9 Å². The van der Waals surface area contributed by atoms with Crippen LogP contribution in [0.4, 0.5) is 0 Å². The molecule has 0 bridgehead atoms. The van der Waals surface area contributed by atoms with Crippen LogP contribution in [0.15, 0.2) is 6.20 Å². The third-order valence-electron chi connectivity index (χ3n) is 2.72. The Labute approximate surface area is 87.5 Å². The average Bonchev–Trinajstić information content (AvgIpc) is 2.49. The third kappa shape index (κ3) is 1.85. The summed E-state index contributed by atoms with van der Waals surface area (Å²) in [7, 11) is 0. The van der Waals surface area contributed by atoms with E-state index in [1.54, 1.807) is 4.68 Å². The molecule has 6 nitrogen and oxygen atoms in total. The Balaban J connectivity index is 1.98. The van der Waals surface area contributed by atoms with Gasteiger partial charge in [-0.15, -0.1) is 5.10 Å². The summed E-state index contributed by atoms with van der Waals surface area (Å²) in [6.07, 6.45) is 1.49. The van der Waals surface area contributed by atoms with Crippen molar-refractivity contribution in [3.8, 4) is 0 Å². The highest BCUT2D eigenvalue weighted by Crippen LogP contribution is 2.22. The van der Waals surface area contributed by atoms with Gasteiger partial charge in [-0.1, -0.05) is 5.21 Å². The Bertz CT molecular complexity index is 368. The second kappa shape index (κ2) is 3.62. The summed E-state index contributed by atoms with van der Waals surface area (Å²) in [5.74, 6) is -1.03. The zero-order valence-corrected chi connectivity index (χ0v) is 8.79. The van der Waals surface area contributed by atoms with E-state index in [0.717, 1.165) is 13.1 Å². The molecular weight excluding hydrogens is 196 g/mol. The molecule has 0 radical (unpaired) electrons. The highest BCUT2D eigenvalue weighted by atomic mass is 16.4. The molecule has 1 fully saturated rings. The van der Waals surface area contributed by atoms with Gasteiger partial charge in [0.15, 0.2) is 5.69 Å². The standard InChI is InChI=1S/C9H14N4O2/c1-6(2)12-3-7(4-12)13-5-8(9(14)15)10-11-13/h5-7H,3-4H2,1-2H3,(H,14,15). The molecule has 2 heterocycles. The molecule has 15 heavy (non-hydrogen) atoms. The van der Waals surface area contributed by atoms with Gasteiger partial charge < -0.3 is 5.11 Å². The van der Waals surface area contributed by atoms with Gasteiger partial charge in [0.05, 0.1) is 12.2 Å². The van der Waals surface area contributed by atoms with Gasteiger partial charge in [0.1, 0.15) is 0 Å². The number of carboxylic acids is 1. The molecule has 1 N–H and O–H groups in total. The monoisotopic (exact) mass is 210 g/mol. The van der Waals surface area contributed by atoms with Crippen LogP contribution in [0, 0.1) is 0 Å². The van der Waals surface area contributed by atoms with Crippen molar-refractivity contribution in [3.05, 3.63) is 11.9 Å². The lowest BCUT2D eigenvalue weighted by Crippen LogP contribution is -2.51. The van der Waals surface area contributed by atoms with E-state index >= 15 is 0 Å². The van der Waals surface area contributed by atoms with Crippen LogP contribution in [0.25, 0.3) is 0 Å². The largest absolute Gasteiger partial charge is 0.476 e. The Morgan fingerprint density at radius 1 is 1.60 bits per heavy atom. The predicted octanol–water partition coefficient (Wildman–Crippen LogP) is 0.241. The van der Waals surface area contributed by atoms with E-state index in [4.69, 9.17) is 5.11 Å². The van der Waals surface area contributed by atoms with Crippen molar-refractivity contribution in [1.29, 1.82) is 0 Å². The van der Waals surface area contributed by atoms with Crippen LogP contribution in [-0.4, -0.2) is 50.1 Å². The van der Waals surface area contributed by atoms with Gasteiger partial charge in [0.2, 0.25) is 0 Å². The average molecular weight is 210 g/mol. The van der Waals surface area contributed by atoms with Crippen LogP contribution in [0.1, 0.15) is 30.4 Å². The van der Waals surface area contributed by atoms with Crippen LogP contribution in [-0.2, 0) is 0 Å². The first-order chi connectivity index (χ1) is 7.08. The van der Waals surface area contributed by atoms with Gasteiger partial charge in [0.25, 0.3) is 0 Å². The second-order valence-electron chi connectivity index (χ2n) is 4.09. The highest BCUT2D eigenvalue weighted by Gasteiger charge is 2.30. The maximum atomic E-state index is 10.6. The molecule has 0 aromatic carbocycles. The zero-order valence-electron chi connectivity index (χ0n) is 8.79. The smallest absolute Gasteiger partial charge is 0.358 e. The van der Waals surface area contributed by atoms with Crippen molar-refractivity contribution in [1.82, 2.24) is 19.9 Å². The highest BCUT2D eigenvalue weighted by molar-refractivity contribution is 5.84. The Kier molecular flexibility index (Phi) is 2.44. The molecule has 1 aromatic rings. The number of carbonyl (C=O) groups is 1. The summed E-state index contributed by atoms with van der Waals surface area (Å²) in [5.41, 5.74) is 0.0120. The molecule has 0 spiro atoms. The lowest BCUT2D eigenvalue weighted by Gasteiger charge is -2.41. The molecule has 2 rings (SSSR count). The number of rotatable bonds is 3. The summed E-state index contributed by atoms with van der Waals surface area (Å²) in [6, 6.07) is 0.803. The number of aromatic nitrogens is 3. The summed E-state index contributed by atoms with van der Waals surface area (Å²) in [5, 5.41) is 16.1. The van der Waals surface area contributed by atoms with Crippen molar-refractivity contribution in [2.24, 2.45) is 0 Å². The summed E-state index contributed by atoms with van der Waals surface area (Å²) >= 11 is 0. The quantitative estimate of drug-likeness (QED) is 0.773. The van der Waals surface area contributed by atoms with E-state index in [2.05, 4.69) is 29.1 Å². The fraction of sp³-hybridized carbons (Fsp3) is 0.667. The lowest BCUT2D eigenvalue weighted by atomic mass is 10.1. The summed E-state index contributed by atoms with van der Waals surface area (Å²) < 4.78 is 1.64. The fourth-order valence-corrected chi connectivity index (χ4v) is 1.63. The normalized spacial score (nSPS) is 18.1. The molecule has 1 aliphatic rings. The third-order valence-corrected chi connectivity index (χ3v) is 2.72. The van der Waals surface area contributed by atoms with E-state index in [1.165, 1.54) is 6.20 Å². The number of likely N-dealkylation sites (tertiary alicyclic amines) is 1. The molecule has 0 atom stereocenters. The van der Waals surface area contributed by atoms with Crippen LogP contribution in [0.2, 0.25) is 0 Å². The van der Waals surface area contributed by atoms with Crippen molar-refractivity contribution < 1.29 is 9.90 Å². The Hall–Kier alpha value is -1.43. The molecule has 0 unspecified atom stereocenters. The maximum absolute atomic E-state index is 10.6. The molecule has 82 valence electrons. The van der Waals surface area contributed by atoms with E-state index in [0.29, 0.717) is 6.04 Å². The minimum atomic E-state index is -1.03. The summed E-state index contributed by atoms with van der Waals surface area (Å²) in [6.45, 7) is 6.11. The van der Waals surface area contributed by atoms with Gasteiger partial charge in [0, 0.05) is 19.1 Å². The minimum absolute atomic E-state index is 0.0120. The number of nitrogens with zero attached hydrogens (tertiary/aromatic N) is 4. The first kappa shape index (κ1) is 10.1. The minimum Gasteiger partial charge on any atom is -0.476 e. The number of hydrogen-bond donors (Lipinski definition) is 1. The topological polar surface area (TPSA) is 71.2 Å². The Morgan fingerprint density at radius 3 is 2.73 bits per heavy atom. The van der Waals surface area contributed by atoms with Crippen LogP contribution < -0.4 is 0 Å². The molecule has 0 amide bonds. The predicted molar refractivity (Wildman–Crippen MR) is 52.7 cm³/mol. The maximum Gasteiger partial charge on any atom is 0.358 e. The van der Waals surface area contributed by atoms with Crippen molar-refractivity contribution in [2.75, 3.05) is 13.1 Å². The van der Waals surface area contributed by atoms with Crippen molar-refractivity contribution in [3.63, 3.8) is 0 Å². The number of carboxylic acid groups (broad SMARTS) is 1. The fourth-order valence-electron chi connectivity index (χ4n) is 1.63. The zero-order chi connectivity index (χ0) is 11.0. The van der Waals surface area contributed by atoms with Gasteiger partial charge in [-0.2, -0.15) is 0 Å². The summed E-state index contributed by atoms with van der Waals surface area (Å²) in [4.78, 5) is 12.9. The van der Waals surface area contributed by atoms with Crippen LogP contribution >= 0.6 is 0 Å². The van der Waals surface area contributed by atoms with E-state index in [-0.39, 0.29) is 11.7 Å². The van der Waals surface area contributed by atoms with Gasteiger partial charge in [-0.25, -0.2) is 9.48 Å². The molecule has 6 heteroatoms. The first-order valence-corrected chi connectivity index (χ1v) is 4.97. The van der Waals surface area contributed by atoms with Crippen LogP contribution in [0.3, 0.4) is 0 Å². The van der Waals surface area contributed by atoms with E-state index in [9.17, 15) is 4.79 Å². The molecule has 1 aromatic heterocycles. The Morgan fingerprint density at radius 2 is 2.27 bits per heavy atom. The lowest BCUT2D eigenvalue weighted by molar-refractivity contribution is 0.0660. The van der Waals surface area contributed by atoms with Gasteiger partial charge >= 0.3 is 5.97 Å². The van der Waals surface area contributed by atoms with Gasteiger partial charge in [-0.3, -0.25) is 4.90 Å².